The Balaban J connectivity index is 1.97. The van der Waals surface area contributed by atoms with E-state index in [1.54, 1.807) is 21.7 Å². The van der Waals surface area contributed by atoms with Gasteiger partial charge in [0.25, 0.3) is 0 Å². The lowest BCUT2D eigenvalue weighted by Crippen LogP contribution is -2.28. The Bertz CT molecular complexity index is 889. The van der Waals surface area contributed by atoms with Crippen molar-refractivity contribution in [2.24, 2.45) is 0 Å². The van der Waals surface area contributed by atoms with E-state index in [0.717, 1.165) is 22.6 Å². The van der Waals surface area contributed by atoms with Crippen LogP contribution in [0, 0.1) is 6.92 Å². The summed E-state index contributed by atoms with van der Waals surface area (Å²) in [6.07, 6.45) is 0. The lowest BCUT2D eigenvalue weighted by atomic mass is 10.2. The fraction of sp³-hybridized carbons (Fsp3) is 0.158. The minimum absolute atomic E-state index is 0.0785. The zero-order valence-corrected chi connectivity index (χ0v) is 15.4. The number of para-hydroxylation sites is 1. The average molecular weight is 374 g/mol. The molecule has 0 radical (unpaired) electrons. The molecule has 25 heavy (non-hydrogen) atoms. The number of nitrogens with zero attached hydrogens (tertiary/aromatic N) is 3. The van der Waals surface area contributed by atoms with Gasteiger partial charge in [-0.25, -0.2) is 4.68 Å². The van der Waals surface area contributed by atoms with Crippen molar-refractivity contribution in [3.63, 3.8) is 0 Å². The first kappa shape index (κ1) is 17.5. The number of aromatic nitrogens is 2. The van der Waals surface area contributed by atoms with Crippen LogP contribution in [0.4, 0.5) is 5.69 Å². The molecule has 0 fully saturated rings. The van der Waals surface area contributed by atoms with Crippen molar-refractivity contribution >= 4 is 34.8 Å². The molecule has 0 N–H and O–H groups in total. The average Bonchev–Trinajstić information content (AvgIpc) is 2.89. The van der Waals surface area contributed by atoms with Crippen LogP contribution in [-0.4, -0.2) is 15.7 Å². The number of halogens is 2. The van der Waals surface area contributed by atoms with E-state index in [1.807, 2.05) is 49.4 Å². The molecule has 0 aliphatic heterocycles. The summed E-state index contributed by atoms with van der Waals surface area (Å²) in [5, 5.41) is 5.65. The van der Waals surface area contributed by atoms with Crippen molar-refractivity contribution in [1.29, 1.82) is 0 Å². The second-order valence-electron chi connectivity index (χ2n) is 5.68. The van der Waals surface area contributed by atoms with Crippen LogP contribution < -0.4 is 4.90 Å². The molecular formula is C19H17Cl2N3O. The van der Waals surface area contributed by atoms with Gasteiger partial charge in [-0.3, -0.25) is 4.79 Å². The van der Waals surface area contributed by atoms with Gasteiger partial charge in [-0.15, -0.1) is 0 Å². The van der Waals surface area contributed by atoms with E-state index in [1.165, 1.54) is 6.92 Å². The van der Waals surface area contributed by atoms with E-state index < -0.39 is 0 Å². The smallest absolute Gasteiger partial charge is 0.224 e. The standard InChI is InChI=1S/C19H17Cl2N3O/c1-13-18(19(21)24(22-13)17-6-4-3-5-7-17)12-23(14(2)25)16-10-8-15(20)9-11-16/h3-11H,12H2,1-2H3. The Morgan fingerprint density at radius 2 is 1.72 bits per heavy atom. The monoisotopic (exact) mass is 373 g/mol. The topological polar surface area (TPSA) is 38.1 Å². The molecule has 1 amide bonds. The van der Waals surface area contributed by atoms with Gasteiger partial charge in [0, 0.05) is 23.2 Å². The molecule has 2 aromatic carbocycles. The van der Waals surface area contributed by atoms with Gasteiger partial charge in [0.15, 0.2) is 0 Å². The number of hydrogen-bond acceptors (Lipinski definition) is 2. The predicted molar refractivity (Wildman–Crippen MR) is 102 cm³/mol. The van der Waals surface area contributed by atoms with Crippen molar-refractivity contribution in [3.05, 3.63) is 76.0 Å². The van der Waals surface area contributed by atoms with E-state index in [4.69, 9.17) is 23.2 Å². The maximum Gasteiger partial charge on any atom is 0.224 e. The van der Waals surface area contributed by atoms with Crippen molar-refractivity contribution in [2.45, 2.75) is 20.4 Å². The molecule has 0 saturated carbocycles. The molecule has 0 aliphatic rings. The third kappa shape index (κ3) is 3.70. The number of anilines is 1. The summed E-state index contributed by atoms with van der Waals surface area (Å²) < 4.78 is 1.69. The largest absolute Gasteiger partial charge is 0.308 e. The van der Waals surface area contributed by atoms with Gasteiger partial charge in [-0.2, -0.15) is 5.10 Å². The van der Waals surface area contributed by atoms with E-state index in [0.29, 0.717) is 16.7 Å². The second kappa shape index (κ2) is 7.30. The van der Waals surface area contributed by atoms with Gasteiger partial charge in [-0.05, 0) is 43.3 Å². The molecule has 0 saturated heterocycles. The van der Waals surface area contributed by atoms with Gasteiger partial charge in [0.2, 0.25) is 5.91 Å². The molecule has 6 heteroatoms. The van der Waals surface area contributed by atoms with Gasteiger partial charge in [0.1, 0.15) is 5.15 Å². The number of benzene rings is 2. The maximum absolute atomic E-state index is 12.2. The summed E-state index contributed by atoms with van der Waals surface area (Å²) >= 11 is 12.5. The molecule has 0 unspecified atom stereocenters. The second-order valence-corrected chi connectivity index (χ2v) is 6.48. The Kier molecular flexibility index (Phi) is 5.11. The fourth-order valence-electron chi connectivity index (χ4n) is 2.61. The van der Waals surface area contributed by atoms with Crippen molar-refractivity contribution < 1.29 is 4.79 Å². The highest BCUT2D eigenvalue weighted by atomic mass is 35.5. The normalized spacial score (nSPS) is 10.7. The molecule has 1 aromatic heterocycles. The van der Waals surface area contributed by atoms with Crippen LogP contribution in [0.25, 0.3) is 5.69 Å². The van der Waals surface area contributed by atoms with Crippen molar-refractivity contribution in [3.8, 4) is 5.69 Å². The zero-order chi connectivity index (χ0) is 18.0. The Labute approximate surface area is 156 Å². The maximum atomic E-state index is 12.2. The lowest BCUT2D eigenvalue weighted by molar-refractivity contribution is -0.116. The number of carbonyl (C=O) groups is 1. The highest BCUT2D eigenvalue weighted by Crippen LogP contribution is 2.27. The zero-order valence-electron chi connectivity index (χ0n) is 13.9. The highest BCUT2D eigenvalue weighted by Gasteiger charge is 2.20. The summed E-state index contributed by atoms with van der Waals surface area (Å²) in [7, 11) is 0. The third-order valence-electron chi connectivity index (χ3n) is 3.96. The van der Waals surface area contributed by atoms with Crippen LogP contribution >= 0.6 is 23.2 Å². The Morgan fingerprint density at radius 1 is 1.08 bits per heavy atom. The Hall–Kier alpha value is -2.30. The predicted octanol–water partition coefficient (Wildman–Crippen LogP) is 5.04. The number of rotatable bonds is 4. The summed E-state index contributed by atoms with van der Waals surface area (Å²) in [5.41, 5.74) is 3.24. The molecule has 128 valence electrons. The van der Waals surface area contributed by atoms with Crippen LogP contribution in [0.1, 0.15) is 18.2 Å². The summed E-state index contributed by atoms with van der Waals surface area (Å²) in [4.78, 5) is 13.8. The molecule has 0 atom stereocenters. The van der Waals surface area contributed by atoms with Gasteiger partial charge < -0.3 is 4.90 Å². The first-order valence-electron chi connectivity index (χ1n) is 7.80. The van der Waals surface area contributed by atoms with Crippen LogP contribution in [0.2, 0.25) is 10.2 Å². The van der Waals surface area contributed by atoms with Gasteiger partial charge in [-0.1, -0.05) is 41.4 Å². The van der Waals surface area contributed by atoms with Crippen molar-refractivity contribution in [1.82, 2.24) is 9.78 Å². The molecule has 3 aromatic rings. The van der Waals surface area contributed by atoms with E-state index in [-0.39, 0.29) is 5.91 Å². The molecule has 0 bridgehead atoms. The number of hydrogen-bond donors (Lipinski definition) is 0. The van der Waals surface area contributed by atoms with Crippen LogP contribution in [-0.2, 0) is 11.3 Å². The van der Waals surface area contributed by atoms with E-state index in [9.17, 15) is 4.79 Å². The Morgan fingerprint density at radius 3 is 2.32 bits per heavy atom. The first-order valence-corrected chi connectivity index (χ1v) is 8.56. The molecule has 0 aliphatic carbocycles. The minimum Gasteiger partial charge on any atom is -0.308 e. The quantitative estimate of drug-likeness (QED) is 0.642. The number of carbonyl (C=O) groups excluding carboxylic acids is 1. The third-order valence-corrected chi connectivity index (χ3v) is 4.60. The lowest BCUT2D eigenvalue weighted by Gasteiger charge is -2.21. The molecule has 4 nitrogen and oxygen atoms in total. The summed E-state index contributed by atoms with van der Waals surface area (Å²) in [6, 6.07) is 16.8. The minimum atomic E-state index is -0.0785. The number of aryl methyl sites for hydroxylation is 1. The van der Waals surface area contributed by atoms with Crippen LogP contribution in [0.15, 0.2) is 54.6 Å². The SMILES string of the molecule is CC(=O)N(Cc1c(C)nn(-c2ccccc2)c1Cl)c1ccc(Cl)cc1. The van der Waals surface area contributed by atoms with Crippen LogP contribution in [0.3, 0.4) is 0 Å². The highest BCUT2D eigenvalue weighted by molar-refractivity contribution is 6.31. The van der Waals surface area contributed by atoms with E-state index in [2.05, 4.69) is 5.10 Å². The fourth-order valence-corrected chi connectivity index (χ4v) is 3.07. The molecular weight excluding hydrogens is 357 g/mol. The molecule has 1 heterocycles. The van der Waals surface area contributed by atoms with Crippen molar-refractivity contribution in [2.75, 3.05) is 4.90 Å². The summed E-state index contributed by atoms with van der Waals surface area (Å²) in [5.74, 6) is -0.0785. The summed E-state index contributed by atoms with van der Waals surface area (Å²) in [6.45, 7) is 3.76. The first-order chi connectivity index (χ1) is 12.0. The van der Waals surface area contributed by atoms with Gasteiger partial charge >= 0.3 is 0 Å². The molecule has 3 rings (SSSR count). The van der Waals surface area contributed by atoms with Crippen LogP contribution in [0.5, 0.6) is 0 Å². The number of amides is 1. The molecule has 0 spiro atoms. The van der Waals surface area contributed by atoms with Gasteiger partial charge in [0.05, 0.1) is 17.9 Å². The van der Waals surface area contributed by atoms with E-state index >= 15 is 0 Å².